The molecule has 0 bridgehead atoms. The Kier molecular flexibility index (Phi) is 2.19. The molecule has 84 valence electrons. The summed E-state index contributed by atoms with van der Waals surface area (Å²) in [6.45, 7) is 0. The smallest absolute Gasteiger partial charge is 0.183 e. The highest BCUT2D eigenvalue weighted by molar-refractivity contribution is 6.30. The Hall–Kier alpha value is -2.14. The van der Waals surface area contributed by atoms with Gasteiger partial charge in [-0.15, -0.1) is 5.10 Å². The van der Waals surface area contributed by atoms with Crippen LogP contribution in [0.15, 0.2) is 36.7 Å². The van der Waals surface area contributed by atoms with Gasteiger partial charge in [0, 0.05) is 10.6 Å². The molecule has 3 rings (SSSR count). The Labute approximate surface area is 102 Å². The van der Waals surface area contributed by atoms with Crippen molar-refractivity contribution in [2.24, 2.45) is 0 Å². The van der Waals surface area contributed by atoms with E-state index < -0.39 is 0 Å². The lowest BCUT2D eigenvalue weighted by atomic mass is 10.2. The second-order valence-electron chi connectivity index (χ2n) is 3.60. The number of nitrogen functional groups attached to an aromatic ring is 1. The third-order valence-electron chi connectivity index (χ3n) is 2.39. The molecule has 0 atom stereocenters. The maximum atomic E-state index is 5.84. The van der Waals surface area contributed by atoms with Crippen LogP contribution in [0, 0.1) is 0 Å². The van der Waals surface area contributed by atoms with Crippen molar-refractivity contribution in [3.8, 4) is 11.3 Å². The average molecular weight is 246 g/mol. The molecule has 0 saturated heterocycles. The van der Waals surface area contributed by atoms with Crippen LogP contribution in [0.1, 0.15) is 0 Å². The maximum Gasteiger partial charge on any atom is 0.183 e. The summed E-state index contributed by atoms with van der Waals surface area (Å²) in [5, 5.41) is 8.74. The van der Waals surface area contributed by atoms with Gasteiger partial charge in [0.15, 0.2) is 5.65 Å². The molecule has 0 aliphatic carbocycles. The van der Waals surface area contributed by atoms with Gasteiger partial charge in [-0.1, -0.05) is 28.9 Å². The topological polar surface area (TPSA) is 69.1 Å². The fraction of sp³-hybridized carbons (Fsp3) is 0. The maximum absolute atomic E-state index is 5.84. The first kappa shape index (κ1) is 10.0. The first-order valence-corrected chi connectivity index (χ1v) is 5.34. The molecule has 2 aromatic heterocycles. The first-order chi connectivity index (χ1) is 8.24. The third-order valence-corrected chi connectivity index (χ3v) is 2.65. The summed E-state index contributed by atoms with van der Waals surface area (Å²) in [6, 6.07) is 7.37. The summed E-state index contributed by atoms with van der Waals surface area (Å²) in [7, 11) is 0. The zero-order valence-corrected chi connectivity index (χ0v) is 9.46. The minimum Gasteiger partial charge on any atom is -0.396 e. The lowest BCUT2D eigenvalue weighted by molar-refractivity contribution is 0.849. The second-order valence-corrected chi connectivity index (χ2v) is 4.04. The number of aromatic nitrogens is 4. The second kappa shape index (κ2) is 3.71. The van der Waals surface area contributed by atoms with Crippen molar-refractivity contribution in [3.05, 3.63) is 41.7 Å². The summed E-state index contributed by atoms with van der Waals surface area (Å²) in [5.41, 5.74) is 8.47. The molecule has 3 aromatic rings. The number of fused-ring (bicyclic) bond motifs is 1. The molecule has 0 spiro atoms. The van der Waals surface area contributed by atoms with E-state index in [1.165, 1.54) is 0 Å². The van der Waals surface area contributed by atoms with Crippen molar-refractivity contribution in [3.63, 3.8) is 0 Å². The van der Waals surface area contributed by atoms with Crippen molar-refractivity contribution >= 4 is 22.9 Å². The number of halogens is 1. The van der Waals surface area contributed by atoms with E-state index in [2.05, 4.69) is 15.3 Å². The fourth-order valence-corrected chi connectivity index (χ4v) is 1.73. The van der Waals surface area contributed by atoms with E-state index >= 15 is 0 Å². The van der Waals surface area contributed by atoms with Crippen molar-refractivity contribution < 1.29 is 0 Å². The monoisotopic (exact) mass is 245 g/mol. The summed E-state index contributed by atoms with van der Waals surface area (Å²) >= 11 is 5.84. The van der Waals surface area contributed by atoms with E-state index in [4.69, 9.17) is 17.3 Å². The Morgan fingerprint density at radius 2 is 1.94 bits per heavy atom. The molecule has 0 fully saturated rings. The van der Waals surface area contributed by atoms with Crippen LogP contribution in [-0.4, -0.2) is 19.8 Å². The lowest BCUT2D eigenvalue weighted by Gasteiger charge is -1.97. The van der Waals surface area contributed by atoms with Crippen molar-refractivity contribution in [2.45, 2.75) is 0 Å². The Bertz CT molecular complexity index is 674. The van der Waals surface area contributed by atoms with E-state index in [9.17, 15) is 0 Å². The molecule has 6 heteroatoms. The zero-order chi connectivity index (χ0) is 11.8. The number of benzene rings is 1. The largest absolute Gasteiger partial charge is 0.396 e. The molecular weight excluding hydrogens is 238 g/mol. The zero-order valence-electron chi connectivity index (χ0n) is 8.71. The molecule has 17 heavy (non-hydrogen) atoms. The van der Waals surface area contributed by atoms with E-state index in [0.717, 1.165) is 5.56 Å². The average Bonchev–Trinajstić information content (AvgIpc) is 2.73. The van der Waals surface area contributed by atoms with Crippen LogP contribution in [0.4, 0.5) is 5.69 Å². The highest BCUT2D eigenvalue weighted by atomic mass is 35.5. The van der Waals surface area contributed by atoms with Crippen LogP contribution in [0.5, 0.6) is 0 Å². The molecule has 2 N–H and O–H groups in total. The van der Waals surface area contributed by atoms with Crippen molar-refractivity contribution in [1.82, 2.24) is 19.8 Å². The summed E-state index contributed by atoms with van der Waals surface area (Å²) in [4.78, 5) is 4.22. The van der Waals surface area contributed by atoms with Gasteiger partial charge in [-0.05, 0) is 12.1 Å². The number of nitrogens with two attached hydrogens (primary N) is 1. The summed E-state index contributed by atoms with van der Waals surface area (Å²) in [6.07, 6.45) is 3.26. The van der Waals surface area contributed by atoms with Crippen LogP contribution < -0.4 is 5.73 Å². The van der Waals surface area contributed by atoms with Gasteiger partial charge in [0.05, 0.1) is 18.1 Å². The van der Waals surface area contributed by atoms with Gasteiger partial charge >= 0.3 is 0 Å². The van der Waals surface area contributed by atoms with E-state index in [1.54, 1.807) is 29.0 Å². The molecule has 0 saturated carbocycles. The molecule has 0 amide bonds. The SMILES string of the molecule is Nc1cnc2c(-c3ccc(Cl)cc3)nnn2c1. The highest BCUT2D eigenvalue weighted by Gasteiger charge is 2.09. The van der Waals surface area contributed by atoms with Crippen molar-refractivity contribution in [2.75, 3.05) is 5.73 Å². The predicted octanol–water partition coefficient (Wildman–Crippen LogP) is 2.03. The number of hydrogen-bond acceptors (Lipinski definition) is 4. The molecule has 0 aliphatic heterocycles. The van der Waals surface area contributed by atoms with E-state index in [1.807, 2.05) is 12.1 Å². The molecule has 0 aliphatic rings. The highest BCUT2D eigenvalue weighted by Crippen LogP contribution is 2.22. The normalized spacial score (nSPS) is 10.9. The summed E-state index contributed by atoms with van der Waals surface area (Å²) in [5.74, 6) is 0. The molecule has 0 unspecified atom stereocenters. The molecular formula is C11H8ClN5. The number of hydrogen-bond donors (Lipinski definition) is 1. The van der Waals surface area contributed by atoms with Crippen LogP contribution >= 0.6 is 11.6 Å². The Morgan fingerprint density at radius 3 is 2.71 bits per heavy atom. The Balaban J connectivity index is 2.21. The molecule has 1 aromatic carbocycles. The van der Waals surface area contributed by atoms with Crippen LogP contribution in [0.2, 0.25) is 5.02 Å². The van der Waals surface area contributed by atoms with Gasteiger partial charge in [-0.25, -0.2) is 4.98 Å². The fourth-order valence-electron chi connectivity index (χ4n) is 1.60. The van der Waals surface area contributed by atoms with Crippen LogP contribution in [0.25, 0.3) is 16.9 Å². The Morgan fingerprint density at radius 1 is 1.18 bits per heavy atom. The quantitative estimate of drug-likeness (QED) is 0.712. The van der Waals surface area contributed by atoms with Crippen molar-refractivity contribution in [1.29, 1.82) is 0 Å². The molecule has 5 nitrogen and oxygen atoms in total. The number of nitrogens with zero attached hydrogens (tertiary/aromatic N) is 4. The lowest BCUT2D eigenvalue weighted by Crippen LogP contribution is -1.94. The third kappa shape index (κ3) is 1.70. The standard InChI is InChI=1S/C11H8ClN5/c12-8-3-1-7(2-4-8)10-11-14-5-9(13)6-17(11)16-15-10/h1-6H,13H2. The summed E-state index contributed by atoms with van der Waals surface area (Å²) < 4.78 is 1.55. The van der Waals surface area contributed by atoms with Gasteiger partial charge in [-0.2, -0.15) is 4.52 Å². The van der Waals surface area contributed by atoms with Gasteiger partial charge in [0.25, 0.3) is 0 Å². The van der Waals surface area contributed by atoms with Crippen LogP contribution in [-0.2, 0) is 0 Å². The van der Waals surface area contributed by atoms with E-state index in [0.29, 0.717) is 22.1 Å². The van der Waals surface area contributed by atoms with Crippen LogP contribution in [0.3, 0.4) is 0 Å². The minimum atomic E-state index is 0.546. The number of rotatable bonds is 1. The van der Waals surface area contributed by atoms with E-state index in [-0.39, 0.29) is 0 Å². The first-order valence-electron chi connectivity index (χ1n) is 4.96. The number of anilines is 1. The van der Waals surface area contributed by atoms with Gasteiger partial charge in [0.1, 0.15) is 5.69 Å². The predicted molar refractivity (Wildman–Crippen MR) is 65.6 cm³/mol. The van der Waals surface area contributed by atoms with Gasteiger partial charge in [0.2, 0.25) is 0 Å². The molecule has 0 radical (unpaired) electrons. The minimum absolute atomic E-state index is 0.546. The van der Waals surface area contributed by atoms with Gasteiger partial charge < -0.3 is 5.73 Å². The van der Waals surface area contributed by atoms with Gasteiger partial charge in [-0.3, -0.25) is 0 Å². The molecule has 2 heterocycles.